The van der Waals surface area contributed by atoms with Gasteiger partial charge in [-0.25, -0.2) is 0 Å². The molecule has 0 aliphatic rings. The van der Waals surface area contributed by atoms with E-state index in [1.807, 2.05) is 0 Å². The second-order valence-corrected chi connectivity index (χ2v) is 5.32. The molecule has 1 aromatic carbocycles. The molecule has 4 heteroatoms. The number of hydrogen-bond acceptors (Lipinski definition) is 4. The Morgan fingerprint density at radius 3 is 2.38 bits per heavy atom. The SMILES string of the molecule is COCCOCCCOCc1ccccc1CNC(C)C. The first kappa shape index (κ1) is 18.1. The van der Waals surface area contributed by atoms with Crippen LogP contribution in [0.3, 0.4) is 0 Å². The van der Waals surface area contributed by atoms with Crippen molar-refractivity contribution in [2.75, 3.05) is 33.5 Å². The third-order valence-corrected chi connectivity index (χ3v) is 3.09. The Balaban J connectivity index is 2.19. The second kappa shape index (κ2) is 11.7. The van der Waals surface area contributed by atoms with Crippen molar-refractivity contribution in [3.8, 4) is 0 Å². The molecule has 0 heterocycles. The minimum absolute atomic E-state index is 0.489. The van der Waals surface area contributed by atoms with Crippen LogP contribution in [-0.4, -0.2) is 39.6 Å². The van der Waals surface area contributed by atoms with E-state index < -0.39 is 0 Å². The zero-order valence-corrected chi connectivity index (χ0v) is 13.6. The number of rotatable bonds is 12. The van der Waals surface area contributed by atoms with Gasteiger partial charge in [0.2, 0.25) is 0 Å². The molecule has 1 N–H and O–H groups in total. The first-order valence-electron chi connectivity index (χ1n) is 7.68. The Hall–Kier alpha value is -0.940. The smallest absolute Gasteiger partial charge is 0.0720 e. The molecule has 120 valence electrons. The molecular weight excluding hydrogens is 266 g/mol. The number of benzene rings is 1. The second-order valence-electron chi connectivity index (χ2n) is 5.32. The van der Waals surface area contributed by atoms with Gasteiger partial charge in [0.1, 0.15) is 0 Å². The van der Waals surface area contributed by atoms with Crippen molar-refractivity contribution in [1.82, 2.24) is 5.32 Å². The summed E-state index contributed by atoms with van der Waals surface area (Å²) in [6, 6.07) is 8.91. The molecule has 1 rings (SSSR count). The van der Waals surface area contributed by atoms with Crippen molar-refractivity contribution in [3.05, 3.63) is 35.4 Å². The van der Waals surface area contributed by atoms with Crippen LogP contribution in [0.1, 0.15) is 31.4 Å². The van der Waals surface area contributed by atoms with Gasteiger partial charge < -0.3 is 19.5 Å². The predicted octanol–water partition coefficient (Wildman–Crippen LogP) is 2.75. The Kier molecular flexibility index (Phi) is 10.1. The van der Waals surface area contributed by atoms with Gasteiger partial charge in [-0.15, -0.1) is 0 Å². The molecule has 0 aromatic heterocycles. The van der Waals surface area contributed by atoms with Crippen molar-refractivity contribution >= 4 is 0 Å². The predicted molar refractivity (Wildman–Crippen MR) is 85.4 cm³/mol. The summed E-state index contributed by atoms with van der Waals surface area (Å²) in [6.07, 6.45) is 0.913. The zero-order chi connectivity index (χ0) is 15.3. The Morgan fingerprint density at radius 2 is 1.67 bits per heavy atom. The van der Waals surface area contributed by atoms with Crippen LogP contribution in [0, 0.1) is 0 Å². The first-order chi connectivity index (χ1) is 10.2. The highest BCUT2D eigenvalue weighted by molar-refractivity contribution is 5.26. The van der Waals surface area contributed by atoms with Crippen molar-refractivity contribution in [2.45, 2.75) is 39.5 Å². The highest BCUT2D eigenvalue weighted by atomic mass is 16.5. The van der Waals surface area contributed by atoms with Crippen LogP contribution >= 0.6 is 0 Å². The lowest BCUT2D eigenvalue weighted by Crippen LogP contribution is -2.22. The van der Waals surface area contributed by atoms with E-state index in [0.29, 0.717) is 25.9 Å². The summed E-state index contributed by atoms with van der Waals surface area (Å²) in [5, 5.41) is 3.45. The van der Waals surface area contributed by atoms with E-state index in [-0.39, 0.29) is 0 Å². The van der Waals surface area contributed by atoms with Crippen LogP contribution in [0.15, 0.2) is 24.3 Å². The van der Waals surface area contributed by atoms with Gasteiger partial charge >= 0.3 is 0 Å². The molecule has 4 nitrogen and oxygen atoms in total. The van der Waals surface area contributed by atoms with Gasteiger partial charge in [0.25, 0.3) is 0 Å². The first-order valence-corrected chi connectivity index (χ1v) is 7.68. The Bertz CT molecular complexity index is 369. The Labute approximate surface area is 128 Å². The van der Waals surface area contributed by atoms with E-state index in [1.54, 1.807) is 7.11 Å². The van der Waals surface area contributed by atoms with Gasteiger partial charge in [-0.3, -0.25) is 0 Å². The number of ether oxygens (including phenoxy) is 3. The summed E-state index contributed by atoms with van der Waals surface area (Å²) in [4.78, 5) is 0. The fraction of sp³-hybridized carbons (Fsp3) is 0.647. The van der Waals surface area contributed by atoms with Crippen molar-refractivity contribution in [2.24, 2.45) is 0 Å². The van der Waals surface area contributed by atoms with Crippen LogP contribution in [0.25, 0.3) is 0 Å². The normalized spacial score (nSPS) is 11.2. The quantitative estimate of drug-likeness (QED) is 0.602. The maximum atomic E-state index is 5.73. The zero-order valence-electron chi connectivity index (χ0n) is 13.6. The molecule has 1 aromatic rings. The van der Waals surface area contributed by atoms with Gasteiger partial charge in [-0.1, -0.05) is 38.1 Å². The fourth-order valence-corrected chi connectivity index (χ4v) is 1.87. The van der Waals surface area contributed by atoms with Crippen molar-refractivity contribution in [1.29, 1.82) is 0 Å². The molecule has 0 fully saturated rings. The van der Waals surface area contributed by atoms with E-state index in [0.717, 1.165) is 26.2 Å². The third kappa shape index (κ3) is 8.83. The van der Waals surface area contributed by atoms with Gasteiger partial charge in [0.05, 0.1) is 19.8 Å². The average Bonchev–Trinajstić information content (AvgIpc) is 2.48. The maximum absolute atomic E-state index is 5.73. The van der Waals surface area contributed by atoms with Gasteiger partial charge in [0, 0.05) is 32.9 Å². The lowest BCUT2D eigenvalue weighted by molar-refractivity contribution is 0.0482. The summed E-state index contributed by atoms with van der Waals surface area (Å²) in [7, 11) is 1.68. The van der Waals surface area contributed by atoms with Crippen LogP contribution in [0.5, 0.6) is 0 Å². The molecule has 0 saturated carbocycles. The topological polar surface area (TPSA) is 39.7 Å². The molecular formula is C17H29NO3. The molecule has 0 radical (unpaired) electrons. The standard InChI is InChI=1S/C17H29NO3/c1-15(2)18-13-16-7-4-5-8-17(16)14-21-10-6-9-20-12-11-19-3/h4-5,7-8,15,18H,6,9-14H2,1-3H3. The maximum Gasteiger partial charge on any atom is 0.0720 e. The number of hydrogen-bond donors (Lipinski definition) is 1. The van der Waals surface area contributed by atoms with Crippen LogP contribution < -0.4 is 5.32 Å². The Morgan fingerprint density at radius 1 is 0.952 bits per heavy atom. The highest BCUT2D eigenvalue weighted by Crippen LogP contribution is 2.10. The monoisotopic (exact) mass is 295 g/mol. The summed E-state index contributed by atoms with van der Waals surface area (Å²) in [6.45, 7) is 8.60. The van der Waals surface area contributed by atoms with Crippen molar-refractivity contribution < 1.29 is 14.2 Å². The van der Waals surface area contributed by atoms with E-state index in [2.05, 4.69) is 43.4 Å². The minimum atomic E-state index is 0.489. The lowest BCUT2D eigenvalue weighted by atomic mass is 10.1. The van der Waals surface area contributed by atoms with Crippen LogP contribution in [0.2, 0.25) is 0 Å². The molecule has 0 amide bonds. The fourth-order valence-electron chi connectivity index (χ4n) is 1.87. The summed E-state index contributed by atoms with van der Waals surface area (Å²) < 4.78 is 16.1. The minimum Gasteiger partial charge on any atom is -0.382 e. The molecule has 0 spiro atoms. The average molecular weight is 295 g/mol. The van der Waals surface area contributed by atoms with Crippen LogP contribution in [0.4, 0.5) is 0 Å². The summed E-state index contributed by atoms with van der Waals surface area (Å²) in [5.41, 5.74) is 2.56. The number of nitrogens with one attached hydrogen (secondary N) is 1. The third-order valence-electron chi connectivity index (χ3n) is 3.09. The largest absolute Gasteiger partial charge is 0.382 e. The van der Waals surface area contributed by atoms with E-state index in [1.165, 1.54) is 11.1 Å². The van der Waals surface area contributed by atoms with E-state index in [4.69, 9.17) is 14.2 Å². The van der Waals surface area contributed by atoms with Crippen LogP contribution in [-0.2, 0) is 27.4 Å². The van der Waals surface area contributed by atoms with Gasteiger partial charge in [-0.2, -0.15) is 0 Å². The molecule has 0 atom stereocenters. The lowest BCUT2D eigenvalue weighted by Gasteiger charge is -2.13. The van der Waals surface area contributed by atoms with E-state index >= 15 is 0 Å². The summed E-state index contributed by atoms with van der Waals surface area (Å²) >= 11 is 0. The molecule has 0 saturated heterocycles. The highest BCUT2D eigenvalue weighted by Gasteiger charge is 2.02. The molecule has 0 aliphatic carbocycles. The molecule has 0 unspecified atom stereocenters. The molecule has 0 bridgehead atoms. The molecule has 21 heavy (non-hydrogen) atoms. The summed E-state index contributed by atoms with van der Waals surface area (Å²) in [5.74, 6) is 0. The van der Waals surface area contributed by atoms with Crippen molar-refractivity contribution in [3.63, 3.8) is 0 Å². The number of methoxy groups -OCH3 is 1. The van der Waals surface area contributed by atoms with Gasteiger partial charge in [0.15, 0.2) is 0 Å². The molecule has 0 aliphatic heterocycles. The van der Waals surface area contributed by atoms with Gasteiger partial charge in [-0.05, 0) is 17.5 Å². The van der Waals surface area contributed by atoms with E-state index in [9.17, 15) is 0 Å².